The highest BCUT2D eigenvalue weighted by Gasteiger charge is 2.12. The van der Waals surface area contributed by atoms with Crippen LogP contribution in [0.2, 0.25) is 0 Å². The number of carboxylic acids is 1. The van der Waals surface area contributed by atoms with Crippen LogP contribution >= 0.6 is 31.9 Å². The Kier molecular flexibility index (Phi) is 5.40. The Morgan fingerprint density at radius 3 is 2.62 bits per heavy atom. The van der Waals surface area contributed by atoms with Crippen LogP contribution in [0.4, 0.5) is 0 Å². The minimum atomic E-state index is -1.07. The van der Waals surface area contributed by atoms with Gasteiger partial charge in [0.2, 0.25) is 0 Å². The van der Waals surface area contributed by atoms with E-state index in [2.05, 4.69) is 47.9 Å². The van der Waals surface area contributed by atoms with Crippen LogP contribution in [0.25, 0.3) is 22.7 Å². The molecule has 1 heterocycles. The van der Waals surface area contributed by atoms with E-state index in [1.807, 2.05) is 24.3 Å². The molecular weight excluding hydrogens is 466 g/mol. The molecule has 0 amide bonds. The van der Waals surface area contributed by atoms with Gasteiger partial charge in [-0.25, -0.2) is 9.78 Å². The third kappa shape index (κ3) is 3.95. The van der Waals surface area contributed by atoms with E-state index >= 15 is 0 Å². The first-order valence-corrected chi connectivity index (χ1v) is 8.97. The normalized spacial score (nSPS) is 11.3. The number of aromatic nitrogens is 2. The minimum Gasteiger partial charge on any atom is -0.480 e. The molecule has 2 aromatic carbocycles. The summed E-state index contributed by atoms with van der Waals surface area (Å²) in [6.45, 7) is -0.450. The number of hydrogen-bond acceptors (Lipinski definition) is 4. The van der Waals surface area contributed by atoms with Crippen LogP contribution in [0.3, 0.4) is 0 Å². The van der Waals surface area contributed by atoms with Crippen molar-refractivity contribution in [3.8, 4) is 11.8 Å². The van der Waals surface area contributed by atoms with Crippen molar-refractivity contribution in [2.24, 2.45) is 0 Å². The lowest BCUT2D eigenvalue weighted by Crippen LogP contribution is -2.10. The van der Waals surface area contributed by atoms with Crippen LogP contribution in [0, 0.1) is 11.3 Å². The Hall–Kier alpha value is -2.63. The standard InChI is InChI=1S/C18H11Br2N3O3/c19-12-6-10(7-13(20)17(12)26-9-16(24)25)5-11(8-21)18-22-14-3-1-2-4-15(14)23-18/h1-7H,9H2,(H,22,23)(H,24,25)/b11-5+. The van der Waals surface area contributed by atoms with E-state index in [0.717, 1.165) is 16.6 Å². The number of hydrogen-bond donors (Lipinski definition) is 2. The van der Waals surface area contributed by atoms with Gasteiger partial charge in [0.1, 0.15) is 17.6 Å². The fraction of sp³-hybridized carbons (Fsp3) is 0.0556. The van der Waals surface area contributed by atoms with E-state index < -0.39 is 12.6 Å². The van der Waals surface area contributed by atoms with E-state index in [-0.39, 0.29) is 0 Å². The first-order valence-electron chi connectivity index (χ1n) is 7.38. The molecule has 0 bridgehead atoms. The molecule has 1 aromatic heterocycles. The van der Waals surface area contributed by atoms with Crippen LogP contribution in [-0.4, -0.2) is 27.7 Å². The molecular formula is C18H11Br2N3O3. The smallest absolute Gasteiger partial charge is 0.341 e. The minimum absolute atomic E-state index is 0.374. The summed E-state index contributed by atoms with van der Waals surface area (Å²) in [5.74, 6) is -0.205. The molecule has 0 spiro atoms. The van der Waals surface area contributed by atoms with Gasteiger partial charge >= 0.3 is 5.97 Å². The van der Waals surface area contributed by atoms with Crippen molar-refractivity contribution in [2.45, 2.75) is 0 Å². The topological polar surface area (TPSA) is 99.0 Å². The van der Waals surface area contributed by atoms with Crippen molar-refractivity contribution in [1.29, 1.82) is 5.26 Å². The second kappa shape index (κ2) is 7.72. The van der Waals surface area contributed by atoms with E-state index in [1.54, 1.807) is 18.2 Å². The average Bonchev–Trinajstić information content (AvgIpc) is 3.02. The molecule has 0 atom stereocenters. The summed E-state index contributed by atoms with van der Waals surface area (Å²) in [5, 5.41) is 18.2. The van der Waals surface area contributed by atoms with Crippen molar-refractivity contribution >= 4 is 60.5 Å². The Labute approximate surface area is 165 Å². The van der Waals surface area contributed by atoms with Gasteiger partial charge in [0.25, 0.3) is 0 Å². The zero-order valence-electron chi connectivity index (χ0n) is 13.2. The van der Waals surface area contributed by atoms with Crippen LogP contribution < -0.4 is 4.74 Å². The second-order valence-corrected chi connectivity index (χ2v) is 6.98. The quantitative estimate of drug-likeness (QED) is 0.523. The molecule has 0 unspecified atom stereocenters. The molecule has 8 heteroatoms. The summed E-state index contributed by atoms with van der Waals surface area (Å²) in [5.41, 5.74) is 2.73. The predicted octanol–water partition coefficient (Wildman–Crippen LogP) is 4.62. The van der Waals surface area contributed by atoms with Crippen LogP contribution in [0.1, 0.15) is 11.4 Å². The van der Waals surface area contributed by atoms with Crippen LogP contribution in [0.5, 0.6) is 5.75 Å². The summed E-state index contributed by atoms with van der Waals surface area (Å²) in [4.78, 5) is 18.2. The highest BCUT2D eigenvalue weighted by Crippen LogP contribution is 2.35. The highest BCUT2D eigenvalue weighted by molar-refractivity contribution is 9.11. The summed E-state index contributed by atoms with van der Waals surface area (Å²) >= 11 is 6.72. The van der Waals surface area contributed by atoms with Gasteiger partial charge in [0.15, 0.2) is 6.61 Å². The molecule has 130 valence electrons. The van der Waals surface area contributed by atoms with E-state index in [9.17, 15) is 10.1 Å². The van der Waals surface area contributed by atoms with Crippen molar-refractivity contribution in [2.75, 3.05) is 6.61 Å². The lowest BCUT2D eigenvalue weighted by atomic mass is 10.1. The Morgan fingerprint density at radius 1 is 1.31 bits per heavy atom. The van der Waals surface area contributed by atoms with Crippen molar-refractivity contribution in [3.63, 3.8) is 0 Å². The van der Waals surface area contributed by atoms with Crippen molar-refractivity contribution in [1.82, 2.24) is 9.97 Å². The van der Waals surface area contributed by atoms with E-state index in [4.69, 9.17) is 9.84 Å². The lowest BCUT2D eigenvalue weighted by Gasteiger charge is -2.09. The number of nitrogens with zero attached hydrogens (tertiary/aromatic N) is 2. The molecule has 0 saturated heterocycles. The van der Waals surface area contributed by atoms with Crippen molar-refractivity contribution < 1.29 is 14.6 Å². The summed E-state index contributed by atoms with van der Waals surface area (Å²) in [6, 6.07) is 13.2. The number of H-pyrrole nitrogens is 1. The molecule has 3 rings (SSSR count). The average molecular weight is 477 g/mol. The van der Waals surface area contributed by atoms with Crippen LogP contribution in [-0.2, 0) is 4.79 Å². The van der Waals surface area contributed by atoms with E-state index in [0.29, 0.717) is 26.1 Å². The number of fused-ring (bicyclic) bond motifs is 1. The van der Waals surface area contributed by atoms with Gasteiger partial charge in [-0.15, -0.1) is 0 Å². The molecule has 6 nitrogen and oxygen atoms in total. The maximum absolute atomic E-state index is 10.7. The number of carboxylic acid groups (broad SMARTS) is 1. The first kappa shape index (κ1) is 18.2. The zero-order valence-corrected chi connectivity index (χ0v) is 16.3. The SMILES string of the molecule is N#C/C(=C\c1cc(Br)c(OCC(=O)O)c(Br)c1)c1nc2ccccc2[nH]1. The number of carbonyl (C=O) groups is 1. The summed E-state index contributed by atoms with van der Waals surface area (Å²) < 4.78 is 6.38. The molecule has 0 aliphatic carbocycles. The Morgan fingerprint density at radius 2 is 2.00 bits per heavy atom. The lowest BCUT2D eigenvalue weighted by molar-refractivity contribution is -0.139. The number of allylic oxidation sites excluding steroid dienone is 1. The molecule has 0 fully saturated rings. The monoisotopic (exact) mass is 475 g/mol. The third-order valence-corrected chi connectivity index (χ3v) is 4.61. The number of ether oxygens (including phenoxy) is 1. The maximum Gasteiger partial charge on any atom is 0.341 e. The fourth-order valence-corrected chi connectivity index (χ4v) is 3.79. The zero-order chi connectivity index (χ0) is 18.7. The molecule has 3 aromatic rings. The molecule has 2 N–H and O–H groups in total. The van der Waals surface area contributed by atoms with Gasteiger partial charge < -0.3 is 14.8 Å². The van der Waals surface area contributed by atoms with Crippen LogP contribution in [0.15, 0.2) is 45.3 Å². The van der Waals surface area contributed by atoms with Gasteiger partial charge in [-0.3, -0.25) is 0 Å². The van der Waals surface area contributed by atoms with E-state index in [1.165, 1.54) is 0 Å². The molecule has 0 radical (unpaired) electrons. The first-order chi connectivity index (χ1) is 12.5. The van der Waals surface area contributed by atoms with Gasteiger partial charge in [0.05, 0.1) is 25.6 Å². The second-order valence-electron chi connectivity index (χ2n) is 5.27. The van der Waals surface area contributed by atoms with Crippen molar-refractivity contribution in [3.05, 3.63) is 56.7 Å². The number of halogens is 2. The number of para-hydroxylation sites is 2. The maximum atomic E-state index is 10.7. The number of aliphatic carboxylic acids is 1. The number of nitrogens with one attached hydrogen (secondary N) is 1. The molecule has 0 aliphatic rings. The number of benzene rings is 2. The number of aromatic amines is 1. The highest BCUT2D eigenvalue weighted by atomic mass is 79.9. The van der Waals surface area contributed by atoms with Gasteiger partial charge in [0, 0.05) is 0 Å². The Balaban J connectivity index is 1.96. The van der Waals surface area contributed by atoms with Gasteiger partial charge in [-0.05, 0) is 67.8 Å². The Bertz CT molecular complexity index is 1010. The number of imidazole rings is 1. The molecule has 0 aliphatic heterocycles. The number of rotatable bonds is 5. The molecule has 26 heavy (non-hydrogen) atoms. The van der Waals surface area contributed by atoms with Gasteiger partial charge in [-0.2, -0.15) is 5.26 Å². The third-order valence-electron chi connectivity index (χ3n) is 3.44. The predicted molar refractivity (Wildman–Crippen MR) is 105 cm³/mol. The fourth-order valence-electron chi connectivity index (χ4n) is 2.34. The number of nitriles is 1. The molecule has 0 saturated carbocycles. The van der Waals surface area contributed by atoms with Gasteiger partial charge in [-0.1, -0.05) is 12.1 Å². The summed E-state index contributed by atoms with van der Waals surface area (Å²) in [6.07, 6.45) is 1.69. The largest absolute Gasteiger partial charge is 0.480 e. The summed E-state index contributed by atoms with van der Waals surface area (Å²) in [7, 11) is 0.